The number of hydrogen-bond acceptors (Lipinski definition) is 3. The molecule has 2 fully saturated rings. The summed E-state index contributed by atoms with van der Waals surface area (Å²) in [6.07, 6.45) is 2.36. The Balaban J connectivity index is 1.40. The number of ether oxygens (including phenoxy) is 2. The van der Waals surface area contributed by atoms with E-state index in [1.807, 2.05) is 0 Å². The summed E-state index contributed by atoms with van der Waals surface area (Å²) in [7, 11) is 0. The fourth-order valence-corrected chi connectivity index (χ4v) is 5.10. The van der Waals surface area contributed by atoms with Crippen LogP contribution in [0.25, 0.3) is 0 Å². The normalized spacial score (nSPS) is 27.5. The Kier molecular flexibility index (Phi) is 3.79. The maximum atomic E-state index is 5.91. The predicted octanol–water partition coefficient (Wildman–Crippen LogP) is 4.02. The Bertz CT molecular complexity index is 739. The van der Waals surface area contributed by atoms with Gasteiger partial charge < -0.3 is 9.47 Å². The molecule has 0 radical (unpaired) electrons. The first-order valence-corrected chi connectivity index (χ1v) is 9.44. The Labute approximate surface area is 149 Å². The van der Waals surface area contributed by atoms with Gasteiger partial charge in [-0.1, -0.05) is 48.5 Å². The third kappa shape index (κ3) is 2.57. The van der Waals surface area contributed by atoms with Gasteiger partial charge in [0.25, 0.3) is 0 Å². The van der Waals surface area contributed by atoms with Crippen LogP contribution in [-0.4, -0.2) is 37.8 Å². The summed E-state index contributed by atoms with van der Waals surface area (Å²) >= 11 is 0. The maximum absolute atomic E-state index is 5.91. The van der Waals surface area contributed by atoms with Crippen molar-refractivity contribution < 1.29 is 9.47 Å². The smallest absolute Gasteiger partial charge is 0.122 e. The molecule has 3 aliphatic rings. The second-order valence-electron chi connectivity index (χ2n) is 7.76. The van der Waals surface area contributed by atoms with Gasteiger partial charge in [0.1, 0.15) is 5.75 Å². The number of nitrogens with zero attached hydrogens (tertiary/aromatic N) is 1. The molecule has 3 heterocycles. The highest BCUT2D eigenvalue weighted by Gasteiger charge is 2.53. The van der Waals surface area contributed by atoms with Crippen LogP contribution in [0.1, 0.15) is 35.9 Å². The summed E-state index contributed by atoms with van der Waals surface area (Å²) < 4.78 is 11.6. The van der Waals surface area contributed by atoms with Gasteiger partial charge in [0, 0.05) is 49.2 Å². The lowest BCUT2D eigenvalue weighted by Gasteiger charge is -2.60. The Morgan fingerprint density at radius 1 is 0.960 bits per heavy atom. The number of likely N-dealkylation sites (tertiary alicyclic amines) is 1. The van der Waals surface area contributed by atoms with Crippen molar-refractivity contribution in [3.63, 3.8) is 0 Å². The number of benzene rings is 2. The van der Waals surface area contributed by atoms with E-state index in [1.165, 1.54) is 30.5 Å². The predicted molar refractivity (Wildman–Crippen MR) is 97.9 cm³/mol. The van der Waals surface area contributed by atoms with Crippen molar-refractivity contribution in [2.45, 2.75) is 24.8 Å². The summed E-state index contributed by atoms with van der Waals surface area (Å²) in [6.45, 7) is 4.90. The zero-order valence-electron chi connectivity index (χ0n) is 14.6. The number of para-hydroxylation sites is 1. The minimum absolute atomic E-state index is 0.401. The highest BCUT2D eigenvalue weighted by atomic mass is 16.5. The van der Waals surface area contributed by atoms with Gasteiger partial charge in [0.15, 0.2) is 0 Å². The Hall–Kier alpha value is -1.84. The quantitative estimate of drug-likeness (QED) is 0.846. The first-order chi connectivity index (χ1) is 12.4. The van der Waals surface area contributed by atoms with Gasteiger partial charge >= 0.3 is 0 Å². The van der Waals surface area contributed by atoms with Gasteiger partial charge in [-0.25, -0.2) is 0 Å². The van der Waals surface area contributed by atoms with Gasteiger partial charge in [0.05, 0.1) is 6.61 Å². The summed E-state index contributed by atoms with van der Waals surface area (Å²) in [5, 5.41) is 0. The Morgan fingerprint density at radius 3 is 2.56 bits per heavy atom. The van der Waals surface area contributed by atoms with Crippen molar-refractivity contribution in [2.24, 2.45) is 5.41 Å². The molecule has 2 saturated heterocycles. The minimum Gasteiger partial charge on any atom is -0.493 e. The topological polar surface area (TPSA) is 21.7 Å². The van der Waals surface area contributed by atoms with E-state index in [1.54, 1.807) is 0 Å². The molecule has 25 heavy (non-hydrogen) atoms. The average molecular weight is 335 g/mol. The summed E-state index contributed by atoms with van der Waals surface area (Å²) in [5.41, 5.74) is 3.24. The van der Waals surface area contributed by atoms with Crippen LogP contribution < -0.4 is 4.74 Å². The lowest BCUT2D eigenvalue weighted by atomic mass is 9.64. The SMILES string of the molecule is c1ccc(C2N(CC3COc4ccccc43)CC23CCOCC3)cc1. The van der Waals surface area contributed by atoms with Crippen LogP contribution in [0.3, 0.4) is 0 Å². The van der Waals surface area contributed by atoms with Gasteiger partial charge in [-0.15, -0.1) is 0 Å². The molecular weight excluding hydrogens is 310 g/mol. The van der Waals surface area contributed by atoms with Gasteiger partial charge in [-0.3, -0.25) is 4.90 Å². The van der Waals surface area contributed by atoms with E-state index < -0.39 is 0 Å². The highest BCUT2D eigenvalue weighted by molar-refractivity contribution is 5.40. The van der Waals surface area contributed by atoms with Gasteiger partial charge in [0.2, 0.25) is 0 Å². The van der Waals surface area contributed by atoms with Crippen molar-refractivity contribution in [2.75, 3.05) is 32.9 Å². The standard InChI is InChI=1S/C22H25NO2/c1-2-6-17(7-3-1)21-22(10-12-24-13-11-22)16-23(21)14-18-15-25-20-9-5-4-8-19(18)20/h1-9,18,21H,10-16H2. The van der Waals surface area contributed by atoms with Crippen molar-refractivity contribution in [1.82, 2.24) is 4.90 Å². The lowest BCUT2D eigenvalue weighted by Crippen LogP contribution is -2.61. The molecule has 2 unspecified atom stereocenters. The van der Waals surface area contributed by atoms with Crippen LogP contribution in [0.15, 0.2) is 54.6 Å². The second-order valence-corrected chi connectivity index (χ2v) is 7.76. The van der Waals surface area contributed by atoms with Crippen LogP contribution in [0.2, 0.25) is 0 Å². The number of rotatable bonds is 3. The summed E-state index contributed by atoms with van der Waals surface area (Å²) in [4.78, 5) is 2.68. The molecule has 1 spiro atoms. The summed E-state index contributed by atoms with van der Waals surface area (Å²) in [5.74, 6) is 1.56. The van der Waals surface area contributed by atoms with Crippen molar-refractivity contribution >= 4 is 0 Å². The van der Waals surface area contributed by atoms with Crippen LogP contribution in [0.5, 0.6) is 5.75 Å². The second kappa shape index (κ2) is 6.15. The molecule has 0 bridgehead atoms. The van der Waals surface area contributed by atoms with E-state index in [-0.39, 0.29) is 0 Å². The van der Waals surface area contributed by atoms with Crippen molar-refractivity contribution in [1.29, 1.82) is 0 Å². The Morgan fingerprint density at radius 2 is 1.72 bits per heavy atom. The first-order valence-electron chi connectivity index (χ1n) is 9.44. The van der Waals surface area contributed by atoms with E-state index in [2.05, 4.69) is 59.5 Å². The van der Waals surface area contributed by atoms with E-state index in [0.717, 1.165) is 32.1 Å². The number of fused-ring (bicyclic) bond motifs is 1. The van der Waals surface area contributed by atoms with Crippen LogP contribution in [0.4, 0.5) is 0 Å². The molecule has 2 aromatic carbocycles. The molecule has 130 valence electrons. The summed E-state index contributed by atoms with van der Waals surface area (Å²) in [6, 6.07) is 20.1. The molecule has 0 aliphatic carbocycles. The molecule has 0 aromatic heterocycles. The molecule has 0 N–H and O–H groups in total. The number of hydrogen-bond donors (Lipinski definition) is 0. The lowest BCUT2D eigenvalue weighted by molar-refractivity contribution is -0.137. The molecule has 3 nitrogen and oxygen atoms in total. The zero-order chi connectivity index (χ0) is 16.7. The van der Waals surface area contributed by atoms with E-state index in [0.29, 0.717) is 17.4 Å². The monoisotopic (exact) mass is 335 g/mol. The molecule has 2 atom stereocenters. The van der Waals surface area contributed by atoms with Crippen molar-refractivity contribution in [3.8, 4) is 5.75 Å². The molecule has 0 saturated carbocycles. The first kappa shape index (κ1) is 15.4. The molecule has 3 heteroatoms. The molecule has 0 amide bonds. The average Bonchev–Trinajstić information content (AvgIpc) is 3.06. The third-order valence-electron chi connectivity index (χ3n) is 6.32. The highest BCUT2D eigenvalue weighted by Crippen LogP contribution is 2.55. The third-order valence-corrected chi connectivity index (χ3v) is 6.32. The minimum atomic E-state index is 0.401. The fraction of sp³-hybridized carbons (Fsp3) is 0.455. The van der Waals surface area contributed by atoms with Crippen molar-refractivity contribution in [3.05, 3.63) is 65.7 Å². The molecule has 2 aromatic rings. The maximum Gasteiger partial charge on any atom is 0.122 e. The van der Waals surface area contributed by atoms with Gasteiger partial charge in [-0.05, 0) is 24.5 Å². The molecule has 5 rings (SSSR count). The van der Waals surface area contributed by atoms with Crippen LogP contribution in [-0.2, 0) is 4.74 Å². The zero-order valence-corrected chi connectivity index (χ0v) is 14.6. The fourth-order valence-electron chi connectivity index (χ4n) is 5.10. The van der Waals surface area contributed by atoms with E-state index >= 15 is 0 Å². The molecule has 3 aliphatic heterocycles. The van der Waals surface area contributed by atoms with E-state index in [4.69, 9.17) is 9.47 Å². The molecular formula is C22H25NO2. The van der Waals surface area contributed by atoms with Crippen LogP contribution in [0, 0.1) is 5.41 Å². The van der Waals surface area contributed by atoms with E-state index in [9.17, 15) is 0 Å². The largest absolute Gasteiger partial charge is 0.493 e. The van der Waals surface area contributed by atoms with Crippen LogP contribution >= 0.6 is 0 Å². The van der Waals surface area contributed by atoms with Gasteiger partial charge in [-0.2, -0.15) is 0 Å².